The third kappa shape index (κ3) is 2.77. The van der Waals surface area contributed by atoms with Crippen molar-refractivity contribution in [3.63, 3.8) is 0 Å². The van der Waals surface area contributed by atoms with Gasteiger partial charge in [-0.15, -0.1) is 0 Å². The van der Waals surface area contributed by atoms with Gasteiger partial charge in [-0.3, -0.25) is 14.6 Å². The zero-order chi connectivity index (χ0) is 18.4. The van der Waals surface area contributed by atoms with Crippen LogP contribution in [0.15, 0.2) is 34.0 Å². The molecule has 2 N–H and O–H groups in total. The minimum absolute atomic E-state index is 0.0300. The number of rotatable bonds is 2. The molecule has 1 aromatic heterocycles. The average Bonchev–Trinajstić information content (AvgIpc) is 2.86. The standard InChI is InChI=1S/C19H20FN3O3/c1-10-6-11(2-5-16(10)20)12-7-13-3-4-14(8-12)23(13)18(25)15-9-21-19(26)22-17(15)24/h2,5-6,9,12-14H,3-4,7-8H2,1H3,(H2,21,22,24,26)/t12?,13-,14+. The highest BCUT2D eigenvalue weighted by Gasteiger charge is 2.44. The molecule has 0 spiro atoms. The maximum atomic E-state index is 13.5. The Morgan fingerprint density at radius 3 is 2.50 bits per heavy atom. The Bertz CT molecular complexity index is 966. The zero-order valence-electron chi connectivity index (χ0n) is 14.4. The number of carbonyl (C=O) groups excluding carboxylic acids is 1. The number of aromatic amines is 2. The number of benzene rings is 1. The van der Waals surface area contributed by atoms with E-state index >= 15 is 0 Å². The van der Waals surface area contributed by atoms with Gasteiger partial charge in [0.15, 0.2) is 0 Å². The molecule has 2 aliphatic heterocycles. The number of nitrogens with one attached hydrogen (secondary N) is 2. The summed E-state index contributed by atoms with van der Waals surface area (Å²) in [7, 11) is 0. The van der Waals surface area contributed by atoms with Crippen molar-refractivity contribution in [1.82, 2.24) is 14.9 Å². The molecule has 2 bridgehead atoms. The van der Waals surface area contributed by atoms with E-state index in [0.717, 1.165) is 31.2 Å². The fraction of sp³-hybridized carbons (Fsp3) is 0.421. The summed E-state index contributed by atoms with van der Waals surface area (Å²) >= 11 is 0. The first-order chi connectivity index (χ1) is 12.4. The second kappa shape index (κ2) is 6.23. The van der Waals surface area contributed by atoms with E-state index in [-0.39, 0.29) is 35.3 Å². The number of carbonyl (C=O) groups is 1. The number of nitrogens with zero attached hydrogens (tertiary/aromatic N) is 1. The van der Waals surface area contributed by atoms with E-state index < -0.39 is 11.2 Å². The number of amides is 1. The zero-order valence-corrected chi connectivity index (χ0v) is 14.4. The topological polar surface area (TPSA) is 86.0 Å². The van der Waals surface area contributed by atoms with Crippen LogP contribution in [0.1, 0.15) is 53.1 Å². The summed E-state index contributed by atoms with van der Waals surface area (Å²) < 4.78 is 13.5. The summed E-state index contributed by atoms with van der Waals surface area (Å²) in [4.78, 5) is 42.3. The van der Waals surface area contributed by atoms with Crippen molar-refractivity contribution in [1.29, 1.82) is 0 Å². The third-order valence-electron chi connectivity index (χ3n) is 5.67. The van der Waals surface area contributed by atoms with Gasteiger partial charge in [-0.2, -0.15) is 0 Å². The summed E-state index contributed by atoms with van der Waals surface area (Å²) in [6, 6.07) is 5.34. The predicted molar refractivity (Wildman–Crippen MR) is 93.8 cm³/mol. The second-order valence-electron chi connectivity index (χ2n) is 7.26. The highest BCUT2D eigenvalue weighted by molar-refractivity contribution is 5.94. The summed E-state index contributed by atoms with van der Waals surface area (Å²) in [6.45, 7) is 1.76. The summed E-state index contributed by atoms with van der Waals surface area (Å²) in [6.07, 6.45) is 4.59. The molecule has 0 saturated carbocycles. The van der Waals surface area contributed by atoms with Gasteiger partial charge < -0.3 is 9.88 Å². The Balaban J connectivity index is 1.59. The van der Waals surface area contributed by atoms with Gasteiger partial charge in [0.1, 0.15) is 11.4 Å². The third-order valence-corrected chi connectivity index (χ3v) is 5.67. The van der Waals surface area contributed by atoms with Gasteiger partial charge in [-0.25, -0.2) is 9.18 Å². The highest BCUT2D eigenvalue weighted by Crippen LogP contribution is 2.43. The van der Waals surface area contributed by atoms with Crippen molar-refractivity contribution in [2.45, 2.75) is 50.6 Å². The Morgan fingerprint density at radius 1 is 1.19 bits per heavy atom. The first kappa shape index (κ1) is 16.8. The van der Waals surface area contributed by atoms with Crippen molar-refractivity contribution in [3.8, 4) is 0 Å². The Morgan fingerprint density at radius 2 is 1.88 bits per heavy atom. The lowest BCUT2D eigenvalue weighted by molar-refractivity contribution is 0.0569. The molecule has 3 heterocycles. The lowest BCUT2D eigenvalue weighted by atomic mass is 9.84. The summed E-state index contributed by atoms with van der Waals surface area (Å²) in [5.41, 5.74) is 0.426. The van der Waals surface area contributed by atoms with Crippen LogP contribution in [0.4, 0.5) is 4.39 Å². The molecule has 26 heavy (non-hydrogen) atoms. The first-order valence-corrected chi connectivity index (χ1v) is 8.84. The molecular formula is C19H20FN3O3. The van der Waals surface area contributed by atoms with E-state index in [2.05, 4.69) is 9.97 Å². The Hall–Kier alpha value is -2.70. The molecule has 2 saturated heterocycles. The molecular weight excluding hydrogens is 337 g/mol. The van der Waals surface area contributed by atoms with Gasteiger partial charge in [0.25, 0.3) is 11.5 Å². The molecule has 2 aromatic rings. The normalized spacial score (nSPS) is 24.7. The highest BCUT2D eigenvalue weighted by atomic mass is 19.1. The van der Waals surface area contributed by atoms with Gasteiger partial charge in [-0.1, -0.05) is 12.1 Å². The van der Waals surface area contributed by atoms with Gasteiger partial charge in [0, 0.05) is 18.3 Å². The maximum absolute atomic E-state index is 13.5. The van der Waals surface area contributed by atoms with Crippen molar-refractivity contribution < 1.29 is 9.18 Å². The van der Waals surface area contributed by atoms with Gasteiger partial charge in [0.05, 0.1) is 0 Å². The van der Waals surface area contributed by atoms with E-state index in [0.29, 0.717) is 5.56 Å². The van der Waals surface area contributed by atoms with Gasteiger partial charge in [0.2, 0.25) is 0 Å². The molecule has 1 unspecified atom stereocenters. The van der Waals surface area contributed by atoms with E-state index in [1.165, 1.54) is 12.3 Å². The number of piperidine rings is 1. The summed E-state index contributed by atoms with van der Waals surface area (Å²) in [5.74, 6) is -0.255. The van der Waals surface area contributed by atoms with E-state index in [9.17, 15) is 18.8 Å². The maximum Gasteiger partial charge on any atom is 0.325 e. The summed E-state index contributed by atoms with van der Waals surface area (Å²) in [5, 5.41) is 0. The smallest absolute Gasteiger partial charge is 0.325 e. The molecule has 4 rings (SSSR count). The van der Waals surface area contributed by atoms with Crippen molar-refractivity contribution in [2.75, 3.05) is 0 Å². The van der Waals surface area contributed by atoms with Crippen molar-refractivity contribution in [3.05, 3.63) is 67.7 Å². The van der Waals surface area contributed by atoms with Crippen molar-refractivity contribution in [2.24, 2.45) is 0 Å². The second-order valence-corrected chi connectivity index (χ2v) is 7.26. The van der Waals surface area contributed by atoms with Crippen LogP contribution >= 0.6 is 0 Å². The van der Waals surface area contributed by atoms with Crippen LogP contribution in [0.2, 0.25) is 0 Å². The molecule has 136 valence electrons. The van der Waals surface area contributed by atoms with Crippen LogP contribution in [0, 0.1) is 12.7 Å². The molecule has 2 fully saturated rings. The molecule has 7 heteroatoms. The fourth-order valence-electron chi connectivity index (χ4n) is 4.41. The number of hydrogen-bond acceptors (Lipinski definition) is 3. The fourth-order valence-corrected chi connectivity index (χ4v) is 4.41. The van der Waals surface area contributed by atoms with Crippen LogP contribution in [-0.4, -0.2) is 32.9 Å². The van der Waals surface area contributed by atoms with Gasteiger partial charge in [-0.05, 0) is 55.7 Å². The number of H-pyrrole nitrogens is 2. The van der Waals surface area contributed by atoms with Gasteiger partial charge >= 0.3 is 5.69 Å². The van der Waals surface area contributed by atoms with Crippen LogP contribution in [0.3, 0.4) is 0 Å². The van der Waals surface area contributed by atoms with E-state index in [1.54, 1.807) is 11.8 Å². The van der Waals surface area contributed by atoms with Crippen LogP contribution in [-0.2, 0) is 0 Å². The number of aryl methyl sites for hydroxylation is 1. The minimum atomic E-state index is -0.658. The molecule has 0 radical (unpaired) electrons. The van der Waals surface area contributed by atoms with Crippen LogP contribution < -0.4 is 11.2 Å². The molecule has 0 aliphatic carbocycles. The lowest BCUT2D eigenvalue weighted by Gasteiger charge is -2.39. The molecule has 6 nitrogen and oxygen atoms in total. The number of aromatic nitrogens is 2. The molecule has 3 atom stereocenters. The first-order valence-electron chi connectivity index (χ1n) is 8.84. The molecule has 1 amide bonds. The Kier molecular flexibility index (Phi) is 4.01. The monoisotopic (exact) mass is 357 g/mol. The predicted octanol–water partition coefficient (Wildman–Crippen LogP) is 2.06. The lowest BCUT2D eigenvalue weighted by Crippen LogP contribution is -2.47. The number of fused-ring (bicyclic) bond motifs is 2. The van der Waals surface area contributed by atoms with Crippen molar-refractivity contribution >= 4 is 5.91 Å². The SMILES string of the molecule is Cc1cc(C2C[C@H]3CC[C@@H](C2)N3C(=O)c2c[nH]c(=O)[nH]c2=O)ccc1F. The number of halogens is 1. The van der Waals surface area contributed by atoms with E-state index in [4.69, 9.17) is 0 Å². The Labute approximate surface area is 149 Å². The number of hydrogen-bond donors (Lipinski definition) is 2. The molecule has 1 aromatic carbocycles. The average molecular weight is 357 g/mol. The quantitative estimate of drug-likeness (QED) is 0.863. The van der Waals surface area contributed by atoms with Crippen LogP contribution in [0.25, 0.3) is 0 Å². The minimum Gasteiger partial charge on any atom is -0.332 e. The van der Waals surface area contributed by atoms with Crippen LogP contribution in [0.5, 0.6) is 0 Å². The largest absolute Gasteiger partial charge is 0.332 e. The molecule has 2 aliphatic rings. The van der Waals surface area contributed by atoms with E-state index in [1.807, 2.05) is 12.1 Å².